The Morgan fingerprint density at radius 1 is 1.25 bits per heavy atom. The second kappa shape index (κ2) is 6.74. The highest BCUT2D eigenvalue weighted by Crippen LogP contribution is 2.18. The molecule has 0 aliphatic heterocycles. The number of aromatic nitrogens is 2. The molecule has 2 heterocycles. The number of nitrogens with one attached hydrogen (secondary N) is 2. The van der Waals surface area contributed by atoms with Gasteiger partial charge in [0.2, 0.25) is 0 Å². The van der Waals surface area contributed by atoms with Crippen molar-refractivity contribution in [1.82, 2.24) is 15.4 Å². The van der Waals surface area contributed by atoms with Gasteiger partial charge in [-0.25, -0.2) is 5.43 Å². The molecule has 0 bridgehead atoms. The topological polar surface area (TPSA) is 96.4 Å². The number of pyridine rings is 2. The third-order valence-electron chi connectivity index (χ3n) is 3.39. The molecule has 0 atom stereocenters. The molecule has 0 unspecified atom stereocenters. The van der Waals surface area contributed by atoms with Crippen molar-refractivity contribution in [2.24, 2.45) is 5.10 Å². The highest BCUT2D eigenvalue weighted by molar-refractivity contribution is 5.95. The fourth-order valence-electron chi connectivity index (χ4n) is 2.15. The summed E-state index contributed by atoms with van der Waals surface area (Å²) in [5, 5.41) is 4.66. The molecule has 1 amide bonds. The number of methoxy groups -OCH3 is 1. The summed E-state index contributed by atoms with van der Waals surface area (Å²) in [4.78, 5) is 30.5. The number of rotatable bonds is 4. The molecule has 2 N–H and O–H groups in total. The molecular formula is C17H14N4O3. The number of ether oxygens (including phenoxy) is 1. The summed E-state index contributed by atoms with van der Waals surface area (Å²) in [5.74, 6) is 0.278. The summed E-state index contributed by atoms with van der Waals surface area (Å²) >= 11 is 0. The van der Waals surface area contributed by atoms with Gasteiger partial charge in [0, 0.05) is 24.0 Å². The van der Waals surface area contributed by atoms with Crippen LogP contribution in [0.3, 0.4) is 0 Å². The van der Waals surface area contributed by atoms with E-state index in [1.807, 2.05) is 6.07 Å². The van der Waals surface area contributed by atoms with Crippen LogP contribution >= 0.6 is 0 Å². The molecule has 7 nitrogen and oxygen atoms in total. The zero-order chi connectivity index (χ0) is 16.9. The van der Waals surface area contributed by atoms with Crippen LogP contribution in [-0.4, -0.2) is 29.2 Å². The van der Waals surface area contributed by atoms with E-state index in [2.05, 4.69) is 20.5 Å². The molecule has 0 saturated carbocycles. The van der Waals surface area contributed by atoms with Gasteiger partial charge < -0.3 is 9.72 Å². The van der Waals surface area contributed by atoms with Crippen molar-refractivity contribution in [2.75, 3.05) is 7.11 Å². The van der Waals surface area contributed by atoms with Gasteiger partial charge in [-0.2, -0.15) is 5.10 Å². The quantitative estimate of drug-likeness (QED) is 0.564. The lowest BCUT2D eigenvalue weighted by Gasteiger charge is -2.03. The fraction of sp³-hybridized carbons (Fsp3) is 0.0588. The monoisotopic (exact) mass is 322 g/mol. The van der Waals surface area contributed by atoms with Gasteiger partial charge in [-0.3, -0.25) is 14.6 Å². The molecule has 3 aromatic rings. The van der Waals surface area contributed by atoms with Gasteiger partial charge in [0.25, 0.3) is 11.5 Å². The Morgan fingerprint density at radius 3 is 2.79 bits per heavy atom. The van der Waals surface area contributed by atoms with Crippen LogP contribution in [0.15, 0.2) is 58.7 Å². The summed E-state index contributed by atoms with van der Waals surface area (Å²) in [6, 6.07) is 10.2. The number of H-pyrrole nitrogens is 1. The molecule has 2 aromatic heterocycles. The van der Waals surface area contributed by atoms with E-state index in [1.165, 1.54) is 18.6 Å². The molecule has 0 fully saturated rings. The number of amides is 1. The van der Waals surface area contributed by atoms with Crippen molar-refractivity contribution < 1.29 is 9.53 Å². The van der Waals surface area contributed by atoms with Crippen LogP contribution in [0.4, 0.5) is 0 Å². The minimum atomic E-state index is -0.379. The van der Waals surface area contributed by atoms with Crippen LogP contribution < -0.4 is 15.7 Å². The Labute approximate surface area is 137 Å². The first-order chi connectivity index (χ1) is 11.7. The van der Waals surface area contributed by atoms with Gasteiger partial charge in [0.15, 0.2) is 0 Å². The van der Waals surface area contributed by atoms with Gasteiger partial charge in [0.05, 0.1) is 24.4 Å². The molecule has 0 aliphatic rings. The third kappa shape index (κ3) is 3.30. The molecule has 7 heteroatoms. The van der Waals surface area contributed by atoms with Crippen LogP contribution in [0.1, 0.15) is 15.9 Å². The number of aromatic amines is 1. The lowest BCUT2D eigenvalue weighted by molar-refractivity contribution is 0.0955. The second-order valence-electron chi connectivity index (χ2n) is 4.94. The number of hydrogen-bond donors (Lipinski definition) is 2. The fourth-order valence-corrected chi connectivity index (χ4v) is 2.15. The summed E-state index contributed by atoms with van der Waals surface area (Å²) in [6.45, 7) is 0. The third-order valence-corrected chi connectivity index (χ3v) is 3.39. The Hall–Kier alpha value is -3.48. The lowest BCUT2D eigenvalue weighted by Crippen LogP contribution is -2.19. The van der Waals surface area contributed by atoms with E-state index in [-0.39, 0.29) is 11.5 Å². The highest BCUT2D eigenvalue weighted by Gasteiger charge is 2.04. The summed E-state index contributed by atoms with van der Waals surface area (Å²) in [7, 11) is 1.56. The maximum absolute atomic E-state index is 12.1. The van der Waals surface area contributed by atoms with Gasteiger partial charge in [-0.05, 0) is 35.7 Å². The van der Waals surface area contributed by atoms with Gasteiger partial charge >= 0.3 is 0 Å². The zero-order valence-corrected chi connectivity index (χ0v) is 12.8. The van der Waals surface area contributed by atoms with Crippen LogP contribution in [0.2, 0.25) is 0 Å². The van der Waals surface area contributed by atoms with E-state index in [9.17, 15) is 9.59 Å². The van der Waals surface area contributed by atoms with E-state index in [4.69, 9.17) is 4.74 Å². The van der Waals surface area contributed by atoms with Crippen LogP contribution in [-0.2, 0) is 0 Å². The first kappa shape index (κ1) is 15.4. The van der Waals surface area contributed by atoms with E-state index in [0.29, 0.717) is 22.4 Å². The van der Waals surface area contributed by atoms with Crippen molar-refractivity contribution in [3.8, 4) is 5.75 Å². The first-order valence-electron chi connectivity index (χ1n) is 7.12. The Morgan fingerprint density at radius 2 is 2.04 bits per heavy atom. The van der Waals surface area contributed by atoms with E-state index in [1.54, 1.807) is 37.4 Å². The average molecular weight is 322 g/mol. The van der Waals surface area contributed by atoms with Crippen molar-refractivity contribution in [3.05, 3.63) is 70.3 Å². The van der Waals surface area contributed by atoms with Gasteiger partial charge in [-0.1, -0.05) is 0 Å². The average Bonchev–Trinajstić information content (AvgIpc) is 2.62. The maximum Gasteiger partial charge on any atom is 0.271 e. The van der Waals surface area contributed by atoms with Crippen molar-refractivity contribution >= 4 is 23.0 Å². The largest absolute Gasteiger partial charge is 0.497 e. The van der Waals surface area contributed by atoms with Crippen molar-refractivity contribution in [1.29, 1.82) is 0 Å². The van der Waals surface area contributed by atoms with Gasteiger partial charge in [-0.15, -0.1) is 0 Å². The molecule has 0 aliphatic carbocycles. The minimum Gasteiger partial charge on any atom is -0.497 e. The van der Waals surface area contributed by atoms with E-state index in [0.717, 1.165) is 5.39 Å². The minimum absolute atomic E-state index is 0.308. The van der Waals surface area contributed by atoms with E-state index >= 15 is 0 Å². The molecule has 3 rings (SSSR count). The molecule has 120 valence electrons. The molecule has 24 heavy (non-hydrogen) atoms. The predicted octanol–water partition coefficient (Wildman–Crippen LogP) is 1.70. The number of benzene rings is 1. The number of carbonyl (C=O) groups is 1. The SMILES string of the molecule is COc1ccc2cc(/C=N\NC(=O)c3ccncc3)c(=O)[nH]c2c1. The zero-order valence-electron chi connectivity index (χ0n) is 12.8. The summed E-state index contributed by atoms with van der Waals surface area (Å²) in [6.07, 6.45) is 4.34. The standard InChI is InChI=1S/C17H14N4O3/c1-24-14-3-2-12-8-13(16(22)20-15(12)9-14)10-19-21-17(23)11-4-6-18-7-5-11/h2-10H,1H3,(H,20,22)(H,21,23)/b19-10-. The smallest absolute Gasteiger partial charge is 0.271 e. The Bertz CT molecular complexity index is 964. The normalized spacial score (nSPS) is 10.9. The second-order valence-corrected chi connectivity index (χ2v) is 4.94. The van der Waals surface area contributed by atoms with Crippen LogP contribution in [0.5, 0.6) is 5.75 Å². The first-order valence-corrected chi connectivity index (χ1v) is 7.12. The maximum atomic E-state index is 12.1. The number of hydrogen-bond acceptors (Lipinski definition) is 5. The Balaban J connectivity index is 1.81. The Kier molecular flexibility index (Phi) is 4.33. The van der Waals surface area contributed by atoms with Gasteiger partial charge in [0.1, 0.15) is 5.75 Å². The van der Waals surface area contributed by atoms with Crippen molar-refractivity contribution in [2.45, 2.75) is 0 Å². The highest BCUT2D eigenvalue weighted by atomic mass is 16.5. The number of hydrazone groups is 1. The predicted molar refractivity (Wildman–Crippen MR) is 90.4 cm³/mol. The molecule has 0 radical (unpaired) electrons. The van der Waals surface area contributed by atoms with Crippen molar-refractivity contribution in [3.63, 3.8) is 0 Å². The molecular weight excluding hydrogens is 308 g/mol. The lowest BCUT2D eigenvalue weighted by atomic mass is 10.1. The number of carbonyl (C=O) groups excluding carboxylic acids is 1. The summed E-state index contributed by atoms with van der Waals surface area (Å²) < 4.78 is 5.13. The summed E-state index contributed by atoms with van der Waals surface area (Å²) in [5.41, 5.74) is 3.50. The molecule has 0 spiro atoms. The number of fused-ring (bicyclic) bond motifs is 1. The van der Waals surface area contributed by atoms with Crippen LogP contribution in [0.25, 0.3) is 10.9 Å². The molecule has 1 aromatic carbocycles. The number of nitrogens with zero attached hydrogens (tertiary/aromatic N) is 2. The van der Waals surface area contributed by atoms with Crippen LogP contribution in [0, 0.1) is 0 Å². The van der Waals surface area contributed by atoms with E-state index < -0.39 is 0 Å². The molecule has 0 saturated heterocycles.